The van der Waals surface area contributed by atoms with Gasteiger partial charge in [-0.05, 0) is 104 Å². The predicted molar refractivity (Wildman–Crippen MR) is 269 cm³/mol. The Morgan fingerprint density at radius 3 is 2.37 bits per heavy atom. The minimum Gasteiger partial charge on any atom is -0.388 e. The van der Waals surface area contributed by atoms with Gasteiger partial charge in [0.2, 0.25) is 11.8 Å². The first kappa shape index (κ1) is 47.2. The first-order valence-corrected chi connectivity index (χ1v) is 24.9. The van der Waals surface area contributed by atoms with Crippen molar-refractivity contribution in [3.63, 3.8) is 0 Å². The fourth-order valence-corrected chi connectivity index (χ4v) is 11.4. The van der Waals surface area contributed by atoms with Crippen LogP contribution in [0.1, 0.15) is 83.4 Å². The van der Waals surface area contributed by atoms with E-state index in [0.29, 0.717) is 61.0 Å². The van der Waals surface area contributed by atoms with Gasteiger partial charge in [-0.2, -0.15) is 0 Å². The molecule has 0 spiro atoms. The number of piperazine rings is 1. The molecule has 10 rings (SSSR count). The van der Waals surface area contributed by atoms with Crippen molar-refractivity contribution in [3.8, 4) is 5.69 Å². The van der Waals surface area contributed by atoms with Crippen LogP contribution in [-0.4, -0.2) is 129 Å². The first-order valence-electron chi connectivity index (χ1n) is 24.9. The minimum atomic E-state index is -0.702. The summed E-state index contributed by atoms with van der Waals surface area (Å²) in [6.45, 7) is 13.2. The quantitative estimate of drug-likeness (QED) is 0.165. The standard InChI is InChI=1S/C54H63FN10O5/c1-34-26-44-42(45(9-15-57-44)64-20-14-41(56-3)30-50(64)67)28-40(34)33-60-16-12-38(13-17-60)51-35(2)25-39(29-43(51)55)53(69)63-18-10-36(11-19-63)31-61-21-23-62(24-22-61)32-37-5-6-46-48(27-37)59(4)54(70)65(46)47-7-8-49(66)58-52(47)68/h5-6,9,12,14-15,20,25,27-30,34,36,47,56H,7-8,10-11,13,16-19,21-24,26,31-33H2,1-4H3,(H,58,66,68)/t34?,47-/m1/s1. The summed E-state index contributed by atoms with van der Waals surface area (Å²) in [4.78, 5) is 78.4. The molecule has 1 aliphatic carbocycles. The maximum Gasteiger partial charge on any atom is 0.329 e. The van der Waals surface area contributed by atoms with E-state index in [1.54, 1.807) is 41.7 Å². The van der Waals surface area contributed by atoms with E-state index in [4.69, 9.17) is 0 Å². The molecule has 2 atom stereocenters. The number of imidazole rings is 1. The largest absolute Gasteiger partial charge is 0.388 e. The van der Waals surface area contributed by atoms with E-state index in [2.05, 4.69) is 49.4 Å². The van der Waals surface area contributed by atoms with E-state index in [9.17, 15) is 24.0 Å². The van der Waals surface area contributed by atoms with Crippen molar-refractivity contribution in [3.05, 3.63) is 133 Å². The molecule has 5 aliphatic rings. The Hall–Kier alpha value is -6.49. The van der Waals surface area contributed by atoms with Crippen molar-refractivity contribution in [1.82, 2.24) is 43.6 Å². The molecule has 16 heteroatoms. The van der Waals surface area contributed by atoms with Gasteiger partial charge < -0.3 is 15.1 Å². The van der Waals surface area contributed by atoms with Gasteiger partial charge in [0.05, 0.1) is 22.4 Å². The third-order valence-corrected chi connectivity index (χ3v) is 15.5. The van der Waals surface area contributed by atoms with Gasteiger partial charge in [0.15, 0.2) is 0 Å². The topological polar surface area (TPSA) is 150 Å². The number of carbonyl (C=O) groups excluding carboxylic acids is 3. The molecular weight excluding hydrogens is 888 g/mol. The Morgan fingerprint density at radius 1 is 0.871 bits per heavy atom. The molecule has 0 saturated carbocycles. The molecule has 3 aromatic heterocycles. The van der Waals surface area contributed by atoms with Gasteiger partial charge in [-0.25, -0.2) is 9.18 Å². The molecular formula is C54H63FN10O5. The zero-order valence-electron chi connectivity index (χ0n) is 40.7. The summed E-state index contributed by atoms with van der Waals surface area (Å²) in [5.74, 6) is -0.409. The molecule has 5 aromatic rings. The first-order chi connectivity index (χ1) is 33.8. The lowest BCUT2D eigenvalue weighted by molar-refractivity contribution is -0.135. The number of piperidine rings is 2. The lowest BCUT2D eigenvalue weighted by Gasteiger charge is -2.39. The molecule has 3 fully saturated rings. The number of fused-ring (bicyclic) bond motifs is 2. The molecule has 3 amide bonds. The zero-order chi connectivity index (χ0) is 48.8. The van der Waals surface area contributed by atoms with Crippen LogP contribution in [0.15, 0.2) is 82.2 Å². The van der Waals surface area contributed by atoms with E-state index in [-0.39, 0.29) is 35.3 Å². The Labute approximate surface area is 407 Å². The average molecular weight is 951 g/mol. The summed E-state index contributed by atoms with van der Waals surface area (Å²) in [7, 11) is 3.52. The van der Waals surface area contributed by atoms with Crippen LogP contribution in [0, 0.1) is 24.6 Å². The summed E-state index contributed by atoms with van der Waals surface area (Å²) >= 11 is 0. The van der Waals surface area contributed by atoms with E-state index in [0.717, 1.165) is 116 Å². The van der Waals surface area contributed by atoms with Gasteiger partial charge in [-0.3, -0.25) is 53.0 Å². The van der Waals surface area contributed by atoms with Crippen molar-refractivity contribution in [2.45, 2.75) is 65.0 Å². The molecule has 15 nitrogen and oxygen atoms in total. The van der Waals surface area contributed by atoms with Crippen LogP contribution in [0.3, 0.4) is 0 Å². The normalized spacial score (nSPS) is 20.8. The highest BCUT2D eigenvalue weighted by molar-refractivity contribution is 6.00. The molecule has 70 heavy (non-hydrogen) atoms. The number of amides is 3. The van der Waals surface area contributed by atoms with Gasteiger partial charge in [0.1, 0.15) is 11.9 Å². The SMILES string of the molecule is CNc1ccn(-c2ccnc3c2C=C(CN2CC=C(c4c(C)cc(C(=O)N5CCC(CN6CCN(Cc7ccc8c(c7)n(C)c(=O)n8[C@@H]7CCC(=O)NC7=O)CC6)CC5)cc4F)CC2)C(C)C3)c(=O)c1. The number of hydrogen-bond donors (Lipinski definition) is 2. The number of nitrogens with one attached hydrogen (secondary N) is 2. The number of pyridine rings is 2. The number of rotatable bonds is 11. The summed E-state index contributed by atoms with van der Waals surface area (Å²) < 4.78 is 20.9. The Kier molecular flexibility index (Phi) is 13.3. The van der Waals surface area contributed by atoms with Crippen molar-refractivity contribution >= 4 is 46.1 Å². The van der Waals surface area contributed by atoms with E-state index in [1.165, 1.54) is 16.2 Å². The van der Waals surface area contributed by atoms with Crippen LogP contribution in [0.5, 0.6) is 0 Å². The number of nitrogens with zero attached hydrogens (tertiary/aromatic N) is 8. The lowest BCUT2D eigenvalue weighted by atomic mass is 9.86. The highest BCUT2D eigenvalue weighted by Gasteiger charge is 2.33. The van der Waals surface area contributed by atoms with Crippen LogP contribution in [0.2, 0.25) is 0 Å². The fourth-order valence-electron chi connectivity index (χ4n) is 11.4. The van der Waals surface area contributed by atoms with E-state index in [1.807, 2.05) is 48.2 Å². The van der Waals surface area contributed by atoms with Crippen LogP contribution in [0.4, 0.5) is 10.1 Å². The number of halogens is 1. The van der Waals surface area contributed by atoms with Gasteiger partial charge in [0, 0.05) is 133 Å². The number of anilines is 1. The molecule has 0 bridgehead atoms. The number of aromatic nitrogens is 4. The molecule has 0 radical (unpaired) electrons. The number of carbonyl (C=O) groups is 3. The van der Waals surface area contributed by atoms with Gasteiger partial charge in [-0.15, -0.1) is 0 Å². The second-order valence-electron chi connectivity index (χ2n) is 20.1. The monoisotopic (exact) mass is 950 g/mol. The Balaban J connectivity index is 0.701. The Morgan fingerprint density at radius 2 is 1.66 bits per heavy atom. The smallest absolute Gasteiger partial charge is 0.329 e. The third kappa shape index (κ3) is 9.43. The summed E-state index contributed by atoms with van der Waals surface area (Å²) in [6, 6.07) is 14.0. The molecule has 7 heterocycles. The number of imide groups is 1. The summed E-state index contributed by atoms with van der Waals surface area (Å²) in [5, 5.41) is 5.40. The highest BCUT2D eigenvalue weighted by Crippen LogP contribution is 2.34. The van der Waals surface area contributed by atoms with E-state index < -0.39 is 11.9 Å². The lowest BCUT2D eigenvalue weighted by Crippen LogP contribution is -2.48. The number of likely N-dealkylation sites (tertiary alicyclic amines) is 1. The second-order valence-corrected chi connectivity index (χ2v) is 20.1. The van der Waals surface area contributed by atoms with E-state index >= 15 is 4.39 Å². The predicted octanol–water partition coefficient (Wildman–Crippen LogP) is 5.39. The van der Waals surface area contributed by atoms with Crippen molar-refractivity contribution in [2.24, 2.45) is 18.9 Å². The Bertz CT molecular complexity index is 3040. The number of benzene rings is 2. The van der Waals surface area contributed by atoms with Gasteiger partial charge in [-0.1, -0.05) is 30.7 Å². The summed E-state index contributed by atoms with van der Waals surface area (Å²) in [5.41, 5.74) is 9.82. The van der Waals surface area contributed by atoms with Crippen molar-refractivity contribution in [2.75, 3.05) is 77.8 Å². The maximum atomic E-state index is 16.1. The minimum absolute atomic E-state index is 0.104. The van der Waals surface area contributed by atoms with Crippen LogP contribution in [-0.2, 0) is 29.6 Å². The second kappa shape index (κ2) is 19.7. The number of hydrogen-bond acceptors (Lipinski definition) is 10. The third-order valence-electron chi connectivity index (χ3n) is 15.5. The van der Waals surface area contributed by atoms with Crippen LogP contribution >= 0.6 is 0 Å². The molecule has 4 aliphatic heterocycles. The van der Waals surface area contributed by atoms with Crippen molar-refractivity contribution < 1.29 is 18.8 Å². The molecule has 3 saturated heterocycles. The average Bonchev–Trinajstić information content (AvgIpc) is 3.59. The fraction of sp³-hybridized carbons (Fsp3) is 0.444. The molecule has 366 valence electrons. The zero-order valence-corrected chi connectivity index (χ0v) is 40.7. The summed E-state index contributed by atoms with van der Waals surface area (Å²) in [6.07, 6.45) is 11.8. The maximum absolute atomic E-state index is 16.1. The van der Waals surface area contributed by atoms with Gasteiger partial charge >= 0.3 is 5.69 Å². The number of aryl methyl sites for hydroxylation is 2. The molecule has 1 unspecified atom stereocenters. The molecule has 2 N–H and O–H groups in total. The van der Waals surface area contributed by atoms with Crippen molar-refractivity contribution in [1.29, 1.82) is 0 Å². The van der Waals surface area contributed by atoms with Crippen LogP contribution in [0.25, 0.3) is 28.4 Å². The van der Waals surface area contributed by atoms with Crippen LogP contribution < -0.4 is 21.9 Å². The highest BCUT2D eigenvalue weighted by atomic mass is 19.1. The van der Waals surface area contributed by atoms with Gasteiger partial charge in [0.25, 0.3) is 11.5 Å². The molecule has 2 aromatic carbocycles.